The number of allylic oxidation sites excluding steroid dienone is 2. The standard InChI is InChI=1S/C116H206N4/c1-9-17-25-33-41-49-57-65-73-81-89-102-99-105-100-103-96-97-104(117-103)101-112-106(90-82-74-66-58-50-42-34-26-18-10-2)109(93-85-77-69-61-53-45-37-29-21-13-5)116(120(112)98-88-80-72-64-56-48-40-32-24-16-8)111(95-87-79-71-63-55-47-39-31-23-15-7)115-108(92-84-76-68-60-52-44-36-28-20-12-4)107(91-83-75-67-59-51-43-35-27-19-11-3)114(119-115)110(113(102)118-105)94-86-78-70-62-54-46-38-30-22-14-6/h96-97,99-101,118H,9-95,98H2,1-8H3. The van der Waals surface area contributed by atoms with Crippen LogP contribution in [0, 0.1) is 0 Å². The molecule has 0 unspecified atom stereocenters. The Balaban J connectivity index is 1.94. The highest BCUT2D eigenvalue weighted by Crippen LogP contribution is 2.45. The molecule has 4 nitrogen and oxygen atoms in total. The highest BCUT2D eigenvalue weighted by molar-refractivity contribution is 5.97. The van der Waals surface area contributed by atoms with E-state index in [0.717, 1.165) is 37.2 Å². The van der Waals surface area contributed by atoms with Gasteiger partial charge in [-0.25, -0.2) is 9.97 Å². The molecule has 0 aromatic carbocycles. The van der Waals surface area contributed by atoms with Crippen molar-refractivity contribution in [2.24, 2.45) is 0 Å². The molecule has 0 spiro atoms. The molecule has 0 amide bonds. The lowest BCUT2D eigenvalue weighted by molar-refractivity contribution is 0.540. The minimum atomic E-state index is 1.09. The van der Waals surface area contributed by atoms with Crippen LogP contribution in [0.5, 0.6) is 0 Å². The summed E-state index contributed by atoms with van der Waals surface area (Å²) in [6.07, 6.45) is 123. The Bertz CT molecular complexity index is 3090. The fraction of sp³-hybridized carbons (Fsp3) is 0.828. The van der Waals surface area contributed by atoms with Gasteiger partial charge in [-0.15, -0.1) is 0 Å². The number of aromatic amines is 1. The van der Waals surface area contributed by atoms with E-state index in [4.69, 9.17) is 9.97 Å². The van der Waals surface area contributed by atoms with Crippen molar-refractivity contribution in [3.63, 3.8) is 0 Å². The molecular formula is C116H206N4. The topological polar surface area (TPSA) is 46.5 Å². The lowest BCUT2D eigenvalue weighted by Gasteiger charge is -2.16. The molecule has 120 heavy (non-hydrogen) atoms. The zero-order valence-corrected chi connectivity index (χ0v) is 82.5. The first kappa shape index (κ1) is 107. The van der Waals surface area contributed by atoms with Crippen LogP contribution in [-0.4, -0.2) is 19.5 Å². The summed E-state index contributed by atoms with van der Waals surface area (Å²) in [6, 6.07) is 7.77. The van der Waals surface area contributed by atoms with Gasteiger partial charge in [0.25, 0.3) is 0 Å². The normalized spacial score (nSPS) is 12.4. The predicted octanol–water partition coefficient (Wildman–Crippen LogP) is 40.7. The maximum absolute atomic E-state index is 6.85. The number of nitrogens with one attached hydrogen (secondary N) is 1. The summed E-state index contributed by atoms with van der Waals surface area (Å²) < 4.78 is 3.08. The fourth-order valence-corrected chi connectivity index (χ4v) is 20.5. The van der Waals surface area contributed by atoms with Gasteiger partial charge in [-0.3, -0.25) is 0 Å². The summed E-state index contributed by atoms with van der Waals surface area (Å²) in [5, 5.41) is 0. The van der Waals surface area contributed by atoms with Gasteiger partial charge in [-0.1, -0.05) is 518 Å². The second-order valence-corrected chi connectivity index (χ2v) is 39.5. The van der Waals surface area contributed by atoms with Crippen molar-refractivity contribution >= 4 is 45.4 Å². The average Bonchev–Trinajstić information content (AvgIpc) is 1.59. The van der Waals surface area contributed by atoms with Crippen molar-refractivity contribution in [1.82, 2.24) is 19.5 Å². The van der Waals surface area contributed by atoms with Crippen LogP contribution in [0.4, 0.5) is 0 Å². The molecule has 1 N–H and O–H groups in total. The molecule has 0 saturated carbocycles. The number of unbranched alkanes of at least 4 members (excludes halogenated alkanes) is 72. The first-order valence-electron chi connectivity index (χ1n) is 55.7. The van der Waals surface area contributed by atoms with E-state index in [1.807, 2.05) is 0 Å². The molecule has 0 fully saturated rings. The number of rotatable bonds is 88. The second-order valence-electron chi connectivity index (χ2n) is 39.5. The van der Waals surface area contributed by atoms with E-state index in [9.17, 15) is 0 Å². The van der Waals surface area contributed by atoms with Crippen molar-refractivity contribution < 1.29 is 0 Å². The van der Waals surface area contributed by atoms with Crippen LogP contribution < -0.4 is 0 Å². The molecule has 5 rings (SSSR count). The van der Waals surface area contributed by atoms with E-state index >= 15 is 0 Å². The SMILES string of the molecule is CCCCCCCCCCCCC1=C(CCCCCCCCCCCC)c2nc1c(CCCCCCCCCCCC)c1[nH]c(cc3nc(cc4c(CCCCCCCCCCCC)c(CCCCCCCCCCCC)c(c2CCCCCCCCCCCC)n4CCCCCCCCCCCC)C=C3)cc1CCCCCCCCCCCC. The Labute approximate surface area is 749 Å². The molecule has 2 aliphatic heterocycles. The van der Waals surface area contributed by atoms with Crippen molar-refractivity contribution in [2.45, 2.75) is 621 Å². The first-order chi connectivity index (χ1) is 59.5. The van der Waals surface area contributed by atoms with Gasteiger partial charge in [-0.05, 0) is 155 Å². The molecule has 0 aliphatic carbocycles. The summed E-state index contributed by atoms with van der Waals surface area (Å²) in [7, 11) is 0. The molecule has 3 aromatic heterocycles. The van der Waals surface area contributed by atoms with Crippen molar-refractivity contribution in [3.8, 4) is 0 Å². The van der Waals surface area contributed by atoms with Gasteiger partial charge in [0.2, 0.25) is 0 Å². The molecule has 8 bridgehead atoms. The summed E-state index contributed by atoms with van der Waals surface area (Å²) in [6.45, 7) is 20.1. The predicted molar refractivity (Wildman–Crippen MR) is 543 cm³/mol. The summed E-state index contributed by atoms with van der Waals surface area (Å²) in [5.74, 6) is 0. The third-order valence-corrected chi connectivity index (χ3v) is 28.2. The van der Waals surface area contributed by atoms with Crippen LogP contribution in [0.1, 0.15) is 632 Å². The molecule has 2 aliphatic rings. The molecule has 3 aromatic rings. The van der Waals surface area contributed by atoms with Crippen molar-refractivity contribution in [2.75, 3.05) is 0 Å². The van der Waals surface area contributed by atoms with Crippen LogP contribution in [0.3, 0.4) is 0 Å². The lowest BCUT2D eigenvalue weighted by Crippen LogP contribution is -2.05. The van der Waals surface area contributed by atoms with E-state index in [1.165, 1.54) is 567 Å². The highest BCUT2D eigenvalue weighted by Gasteiger charge is 2.29. The molecule has 5 heterocycles. The van der Waals surface area contributed by atoms with Gasteiger partial charge in [-0.2, -0.15) is 0 Å². The molecule has 0 radical (unpaired) electrons. The summed E-state index contributed by atoms with van der Waals surface area (Å²) >= 11 is 0. The number of hydrogen-bond donors (Lipinski definition) is 1. The van der Waals surface area contributed by atoms with Gasteiger partial charge in [0, 0.05) is 34.2 Å². The molecule has 0 saturated heterocycles. The zero-order valence-electron chi connectivity index (χ0n) is 82.5. The van der Waals surface area contributed by atoms with Gasteiger partial charge in [0.1, 0.15) is 0 Å². The van der Waals surface area contributed by atoms with Crippen molar-refractivity contribution in [1.29, 1.82) is 0 Å². The maximum Gasteiger partial charge on any atom is 0.0725 e. The number of hydrogen-bond acceptors (Lipinski definition) is 2. The molecule has 4 heteroatoms. The third-order valence-electron chi connectivity index (χ3n) is 28.2. The number of aryl methyl sites for hydroxylation is 6. The largest absolute Gasteiger partial charge is 0.355 e. The second kappa shape index (κ2) is 76.8. The van der Waals surface area contributed by atoms with E-state index in [1.54, 1.807) is 44.5 Å². The van der Waals surface area contributed by atoms with Crippen LogP contribution in [-0.2, 0) is 38.6 Å². The number of fused-ring (bicyclic) bond motifs is 8. The van der Waals surface area contributed by atoms with E-state index < -0.39 is 0 Å². The highest BCUT2D eigenvalue weighted by atomic mass is 15.0. The Morgan fingerprint density at radius 3 is 0.775 bits per heavy atom. The Hall–Kier alpha value is -3.40. The summed E-state index contributed by atoms with van der Waals surface area (Å²) in [5.41, 5.74) is 22.8. The molecular weight excluding hydrogens is 1450 g/mol. The molecule has 0 atom stereocenters. The van der Waals surface area contributed by atoms with Crippen LogP contribution >= 0.6 is 0 Å². The Morgan fingerprint density at radius 1 is 0.217 bits per heavy atom. The minimum absolute atomic E-state index is 1.09. The summed E-state index contributed by atoms with van der Waals surface area (Å²) in [4.78, 5) is 17.0. The molecule has 690 valence electrons. The average molecular weight is 1660 g/mol. The smallest absolute Gasteiger partial charge is 0.0725 e. The fourth-order valence-electron chi connectivity index (χ4n) is 20.5. The maximum atomic E-state index is 6.85. The Kier molecular flexibility index (Phi) is 68.6. The monoisotopic (exact) mass is 1660 g/mol. The van der Waals surface area contributed by atoms with Crippen molar-refractivity contribution in [3.05, 3.63) is 68.8 Å². The van der Waals surface area contributed by atoms with Gasteiger partial charge in [0.15, 0.2) is 0 Å². The van der Waals surface area contributed by atoms with E-state index in [-0.39, 0.29) is 0 Å². The third kappa shape index (κ3) is 49.1. The Morgan fingerprint density at radius 2 is 0.458 bits per heavy atom. The van der Waals surface area contributed by atoms with Crippen LogP contribution in [0.2, 0.25) is 0 Å². The van der Waals surface area contributed by atoms with E-state index in [2.05, 4.69) is 95.3 Å². The number of H-pyrrole nitrogens is 1. The zero-order chi connectivity index (χ0) is 85.1. The van der Waals surface area contributed by atoms with Gasteiger partial charge >= 0.3 is 0 Å². The number of aromatic nitrogens is 4. The van der Waals surface area contributed by atoms with Gasteiger partial charge < -0.3 is 9.55 Å². The van der Waals surface area contributed by atoms with E-state index in [0.29, 0.717) is 0 Å². The van der Waals surface area contributed by atoms with Gasteiger partial charge in [0.05, 0.1) is 28.3 Å². The quantitative estimate of drug-likeness (QED) is 0.0448. The lowest BCUT2D eigenvalue weighted by atomic mass is 9.88. The van der Waals surface area contributed by atoms with Crippen LogP contribution in [0.15, 0.2) is 18.2 Å². The first-order valence-corrected chi connectivity index (χ1v) is 55.7. The minimum Gasteiger partial charge on any atom is -0.355 e. The number of nitrogens with zero attached hydrogens (tertiary/aromatic N) is 3. The van der Waals surface area contributed by atoms with Crippen LogP contribution in [0.25, 0.3) is 45.4 Å².